The van der Waals surface area contributed by atoms with Crippen LogP contribution in [0, 0.1) is 0 Å². The molecule has 1 aliphatic heterocycles. The number of carbonyl (C=O) groups is 4. The summed E-state index contributed by atoms with van der Waals surface area (Å²) in [5.74, 6) is -2.56. The Kier molecular flexibility index (Phi) is 6.29. The lowest BCUT2D eigenvalue weighted by molar-refractivity contribution is -0.197. The molecule has 1 saturated heterocycles. The Morgan fingerprint density at radius 1 is 0.773 bits per heavy atom. The van der Waals surface area contributed by atoms with E-state index in [9.17, 15) is 19.2 Å². The van der Waals surface area contributed by atoms with Crippen LogP contribution in [-0.2, 0) is 42.9 Å². The van der Waals surface area contributed by atoms with Gasteiger partial charge in [0, 0.05) is 27.7 Å². The van der Waals surface area contributed by atoms with E-state index < -0.39 is 48.5 Å². The number of hydrogen-bond donors (Lipinski definition) is 0. The van der Waals surface area contributed by atoms with E-state index in [1.807, 2.05) is 0 Å². The lowest BCUT2D eigenvalue weighted by Crippen LogP contribution is -2.42. The molecule has 9 nitrogen and oxygen atoms in total. The predicted octanol–water partition coefficient (Wildman–Crippen LogP) is -0.299. The molecular weight excluding hydrogens is 300 g/mol. The van der Waals surface area contributed by atoms with E-state index in [2.05, 4.69) is 0 Å². The molecule has 0 aromatic heterocycles. The largest absolute Gasteiger partial charge is 0.463 e. The number of ether oxygens (including phenoxy) is 5. The Bertz CT molecular complexity index is 458. The maximum atomic E-state index is 11.2. The Labute approximate surface area is 126 Å². The maximum Gasteiger partial charge on any atom is 0.305 e. The predicted molar refractivity (Wildman–Crippen MR) is 68.2 cm³/mol. The van der Waals surface area contributed by atoms with Crippen molar-refractivity contribution < 1.29 is 42.9 Å². The Morgan fingerprint density at radius 2 is 1.27 bits per heavy atom. The minimum Gasteiger partial charge on any atom is -0.463 e. The molecule has 0 bridgehead atoms. The topological polar surface area (TPSA) is 114 Å². The molecule has 0 aromatic carbocycles. The molecule has 124 valence electrons. The van der Waals surface area contributed by atoms with E-state index in [1.165, 1.54) is 6.92 Å². The Balaban J connectivity index is 2.94. The number of carbonyl (C=O) groups excluding carboxylic acids is 4. The monoisotopic (exact) mass is 318 g/mol. The first-order valence-corrected chi connectivity index (χ1v) is 6.51. The van der Waals surface area contributed by atoms with E-state index in [4.69, 9.17) is 23.7 Å². The molecule has 22 heavy (non-hydrogen) atoms. The average Bonchev–Trinajstić information content (AvgIpc) is 2.63. The zero-order valence-electron chi connectivity index (χ0n) is 12.7. The molecule has 9 heteroatoms. The highest BCUT2D eigenvalue weighted by Gasteiger charge is 2.51. The molecule has 0 spiro atoms. The van der Waals surface area contributed by atoms with Crippen LogP contribution < -0.4 is 0 Å². The van der Waals surface area contributed by atoms with E-state index >= 15 is 0 Å². The summed E-state index contributed by atoms with van der Waals surface area (Å²) in [4.78, 5) is 44.4. The fourth-order valence-corrected chi connectivity index (χ4v) is 1.93. The van der Waals surface area contributed by atoms with Crippen molar-refractivity contribution in [2.24, 2.45) is 0 Å². The van der Waals surface area contributed by atoms with Crippen LogP contribution in [0.1, 0.15) is 27.7 Å². The number of esters is 4. The second-order valence-corrected chi connectivity index (χ2v) is 4.60. The molecular formula is C13H18O9. The zero-order valence-corrected chi connectivity index (χ0v) is 12.7. The quantitative estimate of drug-likeness (QED) is 0.497. The highest BCUT2D eigenvalue weighted by molar-refractivity contribution is 5.68. The standard InChI is InChI=1S/C13H18O9/c1-6(14)18-5-10-11(19-7(2)15)12(20-8(3)16)13(22-10)21-9(4)17/h10-13H,5H2,1-4H3/t10-,11-,12-,13-/m0/s1. The van der Waals surface area contributed by atoms with Crippen molar-refractivity contribution in [2.45, 2.75) is 52.3 Å². The fraction of sp³-hybridized carbons (Fsp3) is 0.692. The van der Waals surface area contributed by atoms with Gasteiger partial charge in [-0.2, -0.15) is 0 Å². The van der Waals surface area contributed by atoms with Crippen LogP contribution in [0.5, 0.6) is 0 Å². The first kappa shape index (κ1) is 17.9. The summed E-state index contributed by atoms with van der Waals surface area (Å²) in [7, 11) is 0. The second kappa shape index (κ2) is 7.74. The van der Waals surface area contributed by atoms with Crippen molar-refractivity contribution in [2.75, 3.05) is 6.61 Å². The van der Waals surface area contributed by atoms with Gasteiger partial charge in [0.1, 0.15) is 12.7 Å². The van der Waals surface area contributed by atoms with Crippen molar-refractivity contribution in [3.8, 4) is 0 Å². The lowest BCUT2D eigenvalue weighted by Gasteiger charge is -2.22. The molecule has 0 aliphatic carbocycles. The molecule has 0 radical (unpaired) electrons. The van der Waals surface area contributed by atoms with Gasteiger partial charge in [-0.15, -0.1) is 0 Å². The van der Waals surface area contributed by atoms with Gasteiger partial charge in [0.05, 0.1) is 0 Å². The summed E-state index contributed by atoms with van der Waals surface area (Å²) < 4.78 is 25.2. The molecule has 4 atom stereocenters. The van der Waals surface area contributed by atoms with Gasteiger partial charge in [-0.1, -0.05) is 0 Å². The molecule has 1 fully saturated rings. The van der Waals surface area contributed by atoms with E-state index in [-0.39, 0.29) is 6.61 Å². The summed E-state index contributed by atoms with van der Waals surface area (Å²) >= 11 is 0. The van der Waals surface area contributed by atoms with E-state index in [0.717, 1.165) is 20.8 Å². The van der Waals surface area contributed by atoms with Gasteiger partial charge in [0.15, 0.2) is 6.10 Å². The third-order valence-electron chi connectivity index (χ3n) is 2.60. The summed E-state index contributed by atoms with van der Waals surface area (Å²) in [6, 6.07) is 0. The van der Waals surface area contributed by atoms with Gasteiger partial charge in [0.2, 0.25) is 12.4 Å². The maximum absolute atomic E-state index is 11.2. The first-order chi connectivity index (χ1) is 10.2. The minimum atomic E-state index is -1.26. The van der Waals surface area contributed by atoms with Crippen molar-refractivity contribution in [3.05, 3.63) is 0 Å². The highest BCUT2D eigenvalue weighted by Crippen LogP contribution is 2.28. The fourth-order valence-electron chi connectivity index (χ4n) is 1.93. The van der Waals surface area contributed by atoms with Gasteiger partial charge in [-0.3, -0.25) is 19.2 Å². The molecule has 1 aliphatic rings. The molecule has 0 amide bonds. The normalized spacial score (nSPS) is 26.9. The third kappa shape index (κ3) is 5.32. The van der Waals surface area contributed by atoms with Crippen LogP contribution in [0.2, 0.25) is 0 Å². The van der Waals surface area contributed by atoms with Crippen LogP contribution in [0.4, 0.5) is 0 Å². The van der Waals surface area contributed by atoms with E-state index in [1.54, 1.807) is 0 Å². The van der Waals surface area contributed by atoms with Crippen LogP contribution in [0.3, 0.4) is 0 Å². The SMILES string of the molecule is CC(=O)OC[C@@H]1O[C@H](OC(C)=O)[C@@H](OC(C)=O)[C@H]1OC(C)=O. The zero-order chi connectivity index (χ0) is 16.9. The van der Waals surface area contributed by atoms with Crippen LogP contribution in [-0.4, -0.2) is 55.1 Å². The molecule has 0 N–H and O–H groups in total. The lowest BCUT2D eigenvalue weighted by atomic mass is 10.1. The summed E-state index contributed by atoms with van der Waals surface area (Å²) in [6.07, 6.45) is -4.40. The van der Waals surface area contributed by atoms with Gasteiger partial charge in [-0.05, 0) is 0 Å². The number of rotatable bonds is 5. The molecule has 0 unspecified atom stereocenters. The average molecular weight is 318 g/mol. The van der Waals surface area contributed by atoms with Crippen LogP contribution in [0.25, 0.3) is 0 Å². The smallest absolute Gasteiger partial charge is 0.305 e. The minimum absolute atomic E-state index is 0.247. The van der Waals surface area contributed by atoms with E-state index in [0.29, 0.717) is 0 Å². The molecule has 1 rings (SSSR count). The Morgan fingerprint density at radius 3 is 1.73 bits per heavy atom. The van der Waals surface area contributed by atoms with Crippen molar-refractivity contribution >= 4 is 23.9 Å². The summed E-state index contributed by atoms with van der Waals surface area (Å²) in [5, 5.41) is 0. The van der Waals surface area contributed by atoms with Crippen molar-refractivity contribution in [3.63, 3.8) is 0 Å². The molecule has 1 heterocycles. The Hall–Kier alpha value is -2.16. The van der Waals surface area contributed by atoms with Gasteiger partial charge < -0.3 is 23.7 Å². The van der Waals surface area contributed by atoms with Crippen LogP contribution >= 0.6 is 0 Å². The van der Waals surface area contributed by atoms with Gasteiger partial charge in [-0.25, -0.2) is 0 Å². The first-order valence-electron chi connectivity index (χ1n) is 6.51. The second-order valence-electron chi connectivity index (χ2n) is 4.60. The number of hydrogen-bond acceptors (Lipinski definition) is 9. The van der Waals surface area contributed by atoms with Crippen molar-refractivity contribution in [1.82, 2.24) is 0 Å². The van der Waals surface area contributed by atoms with Gasteiger partial charge in [0.25, 0.3) is 0 Å². The van der Waals surface area contributed by atoms with Crippen LogP contribution in [0.15, 0.2) is 0 Å². The third-order valence-corrected chi connectivity index (χ3v) is 2.60. The van der Waals surface area contributed by atoms with Gasteiger partial charge >= 0.3 is 23.9 Å². The summed E-state index contributed by atoms with van der Waals surface area (Å²) in [6.45, 7) is 4.40. The molecule has 0 saturated carbocycles. The summed E-state index contributed by atoms with van der Waals surface area (Å²) in [5.41, 5.74) is 0. The van der Waals surface area contributed by atoms with Crippen molar-refractivity contribution in [1.29, 1.82) is 0 Å². The molecule has 0 aromatic rings. The highest BCUT2D eigenvalue weighted by atomic mass is 16.8.